The van der Waals surface area contributed by atoms with Gasteiger partial charge in [-0.3, -0.25) is 14.4 Å². The summed E-state index contributed by atoms with van der Waals surface area (Å²) in [6.07, 6.45) is 0.0290. The number of anilines is 1. The number of aryl methyl sites for hydroxylation is 1. The number of hydrogen-bond donors (Lipinski definition) is 3. The molecular weight excluding hydrogens is 452 g/mol. The molecule has 0 atom stereocenters. The van der Waals surface area contributed by atoms with Gasteiger partial charge in [0.05, 0.1) is 16.9 Å². The summed E-state index contributed by atoms with van der Waals surface area (Å²) in [5.41, 5.74) is 6.27. The van der Waals surface area contributed by atoms with Crippen molar-refractivity contribution in [2.24, 2.45) is 5.73 Å². The Morgan fingerprint density at radius 2 is 1.81 bits per heavy atom. The largest absolute Gasteiger partial charge is 0.486 e. The van der Waals surface area contributed by atoms with E-state index >= 15 is 0 Å². The lowest BCUT2D eigenvalue weighted by molar-refractivity contribution is -0.117. The second kappa shape index (κ2) is 10.7. The van der Waals surface area contributed by atoms with Crippen LogP contribution in [-0.2, 0) is 11.4 Å². The number of amides is 3. The number of benzene rings is 2. The summed E-state index contributed by atoms with van der Waals surface area (Å²) in [4.78, 5) is 41.0. The molecule has 0 fully saturated rings. The second-order valence-electron chi connectivity index (χ2n) is 6.74. The number of hydrogen-bond acceptors (Lipinski definition) is 6. The Hall–Kier alpha value is -3.43. The Morgan fingerprint density at radius 1 is 1.09 bits per heavy atom. The average molecular weight is 473 g/mol. The Labute approximate surface area is 193 Å². The first-order valence-electron chi connectivity index (χ1n) is 9.65. The zero-order valence-corrected chi connectivity index (χ0v) is 18.8. The molecule has 10 heteroatoms. The number of carbonyl (C=O) groups is 3. The van der Waals surface area contributed by atoms with Crippen molar-refractivity contribution in [3.05, 3.63) is 74.7 Å². The van der Waals surface area contributed by atoms with E-state index in [9.17, 15) is 14.4 Å². The standard InChI is InChI=1S/C22H21ClN4O4S/c1-13-20(32-19(26-13)12-31-15-8-6-14(23)7-9-15)22(30)27-17-5-3-2-4-16(17)21(29)25-11-10-18(24)28/h2-9H,10-12H2,1H3,(H2,24,28)(H,25,29)(H,27,30). The third-order valence-electron chi connectivity index (χ3n) is 4.30. The predicted molar refractivity (Wildman–Crippen MR) is 123 cm³/mol. The molecular formula is C22H21ClN4O4S. The number of carbonyl (C=O) groups excluding carboxylic acids is 3. The molecule has 0 bridgehead atoms. The molecule has 3 amide bonds. The van der Waals surface area contributed by atoms with Crippen LogP contribution >= 0.6 is 22.9 Å². The highest BCUT2D eigenvalue weighted by atomic mass is 35.5. The van der Waals surface area contributed by atoms with Crippen molar-refractivity contribution in [1.29, 1.82) is 0 Å². The van der Waals surface area contributed by atoms with Gasteiger partial charge in [0.25, 0.3) is 11.8 Å². The van der Waals surface area contributed by atoms with Crippen molar-refractivity contribution < 1.29 is 19.1 Å². The fourth-order valence-corrected chi connectivity index (χ4v) is 3.76. The molecule has 0 radical (unpaired) electrons. The SMILES string of the molecule is Cc1nc(COc2ccc(Cl)cc2)sc1C(=O)Nc1ccccc1C(=O)NCCC(N)=O. The number of nitrogens with one attached hydrogen (secondary N) is 2. The smallest absolute Gasteiger partial charge is 0.267 e. The Kier molecular flexibility index (Phi) is 7.80. The van der Waals surface area contributed by atoms with Crippen molar-refractivity contribution in [1.82, 2.24) is 10.3 Å². The Morgan fingerprint density at radius 3 is 2.53 bits per heavy atom. The highest BCUT2D eigenvalue weighted by molar-refractivity contribution is 7.13. The summed E-state index contributed by atoms with van der Waals surface area (Å²) >= 11 is 7.08. The number of nitrogens with two attached hydrogens (primary N) is 1. The van der Waals surface area contributed by atoms with Crippen molar-refractivity contribution in [2.75, 3.05) is 11.9 Å². The minimum absolute atomic E-state index is 0.0290. The van der Waals surface area contributed by atoms with Crippen LogP contribution in [0.4, 0.5) is 5.69 Å². The normalized spacial score (nSPS) is 10.4. The first-order chi connectivity index (χ1) is 15.3. The highest BCUT2D eigenvalue weighted by Gasteiger charge is 2.19. The number of para-hydroxylation sites is 1. The van der Waals surface area contributed by atoms with Crippen LogP contribution in [0, 0.1) is 6.92 Å². The number of nitrogens with zero attached hydrogens (tertiary/aromatic N) is 1. The van der Waals surface area contributed by atoms with E-state index in [1.54, 1.807) is 55.5 Å². The molecule has 0 aliphatic carbocycles. The molecule has 4 N–H and O–H groups in total. The predicted octanol–water partition coefficient (Wildman–Crippen LogP) is 3.54. The molecule has 32 heavy (non-hydrogen) atoms. The molecule has 0 unspecified atom stereocenters. The van der Waals surface area contributed by atoms with Crippen molar-refractivity contribution >= 4 is 46.3 Å². The van der Waals surface area contributed by atoms with E-state index in [0.717, 1.165) is 0 Å². The number of ether oxygens (including phenoxy) is 1. The number of primary amides is 1. The summed E-state index contributed by atoms with van der Waals surface area (Å²) in [6, 6.07) is 13.6. The lowest BCUT2D eigenvalue weighted by atomic mass is 10.1. The maximum absolute atomic E-state index is 12.8. The van der Waals surface area contributed by atoms with E-state index in [2.05, 4.69) is 15.6 Å². The van der Waals surface area contributed by atoms with E-state index in [4.69, 9.17) is 22.1 Å². The van der Waals surface area contributed by atoms with Gasteiger partial charge < -0.3 is 21.1 Å². The fourth-order valence-electron chi connectivity index (χ4n) is 2.76. The zero-order chi connectivity index (χ0) is 23.1. The van der Waals surface area contributed by atoms with E-state index < -0.39 is 11.8 Å². The highest BCUT2D eigenvalue weighted by Crippen LogP contribution is 2.23. The molecule has 0 saturated carbocycles. The maximum atomic E-state index is 12.8. The van der Waals surface area contributed by atoms with Gasteiger partial charge in [-0.1, -0.05) is 23.7 Å². The van der Waals surface area contributed by atoms with E-state index in [1.165, 1.54) is 11.3 Å². The monoisotopic (exact) mass is 472 g/mol. The van der Waals surface area contributed by atoms with Crippen LogP contribution in [0.25, 0.3) is 0 Å². The first-order valence-corrected chi connectivity index (χ1v) is 10.8. The Bertz CT molecular complexity index is 1130. The van der Waals surface area contributed by atoms with Crippen LogP contribution in [0.15, 0.2) is 48.5 Å². The van der Waals surface area contributed by atoms with Crippen molar-refractivity contribution in [3.8, 4) is 5.75 Å². The molecule has 166 valence electrons. The van der Waals surface area contributed by atoms with Crippen LogP contribution in [0.2, 0.25) is 5.02 Å². The zero-order valence-electron chi connectivity index (χ0n) is 17.2. The average Bonchev–Trinajstić information content (AvgIpc) is 3.14. The summed E-state index contributed by atoms with van der Waals surface area (Å²) in [7, 11) is 0. The van der Waals surface area contributed by atoms with E-state index in [0.29, 0.717) is 32.0 Å². The minimum atomic E-state index is -0.511. The van der Waals surface area contributed by atoms with Gasteiger partial charge in [-0.15, -0.1) is 11.3 Å². The molecule has 0 aliphatic rings. The fraction of sp³-hybridized carbons (Fsp3) is 0.182. The third-order valence-corrected chi connectivity index (χ3v) is 5.68. The molecule has 3 rings (SSSR count). The molecule has 1 aromatic heterocycles. The molecule has 0 saturated heterocycles. The van der Waals surface area contributed by atoms with Crippen LogP contribution in [-0.4, -0.2) is 29.3 Å². The van der Waals surface area contributed by atoms with Crippen molar-refractivity contribution in [3.63, 3.8) is 0 Å². The molecule has 0 aliphatic heterocycles. The summed E-state index contributed by atoms with van der Waals surface area (Å²) in [6.45, 7) is 2.06. The van der Waals surface area contributed by atoms with Gasteiger partial charge in [0.2, 0.25) is 5.91 Å². The molecule has 2 aromatic carbocycles. The van der Waals surface area contributed by atoms with E-state index in [-0.39, 0.29) is 31.0 Å². The minimum Gasteiger partial charge on any atom is -0.486 e. The summed E-state index contributed by atoms with van der Waals surface area (Å²) < 4.78 is 5.69. The number of aromatic nitrogens is 1. The molecule has 0 spiro atoms. The Balaban J connectivity index is 1.66. The topological polar surface area (TPSA) is 123 Å². The quantitative estimate of drug-likeness (QED) is 0.439. The van der Waals surface area contributed by atoms with Gasteiger partial charge in [0, 0.05) is 18.0 Å². The maximum Gasteiger partial charge on any atom is 0.267 e. The number of thiazole rings is 1. The van der Waals surface area contributed by atoms with Crippen molar-refractivity contribution in [2.45, 2.75) is 20.0 Å². The molecule has 3 aromatic rings. The van der Waals surface area contributed by atoms with Crippen LogP contribution in [0.1, 0.15) is 37.2 Å². The second-order valence-corrected chi connectivity index (χ2v) is 8.26. The summed E-state index contributed by atoms with van der Waals surface area (Å²) in [5, 5.41) is 6.63. The molecule has 8 nitrogen and oxygen atoms in total. The van der Waals surface area contributed by atoms with Gasteiger partial charge in [0.15, 0.2) is 0 Å². The lowest BCUT2D eigenvalue weighted by Gasteiger charge is -2.10. The first kappa shape index (κ1) is 23.2. The van der Waals surface area contributed by atoms with Gasteiger partial charge in [0.1, 0.15) is 22.2 Å². The van der Waals surface area contributed by atoms with Gasteiger partial charge in [-0.2, -0.15) is 0 Å². The van der Waals surface area contributed by atoms with Crippen LogP contribution in [0.5, 0.6) is 5.75 Å². The number of halogens is 1. The van der Waals surface area contributed by atoms with Crippen LogP contribution < -0.4 is 21.1 Å². The third kappa shape index (κ3) is 6.29. The lowest BCUT2D eigenvalue weighted by Crippen LogP contribution is -2.28. The van der Waals surface area contributed by atoms with Gasteiger partial charge >= 0.3 is 0 Å². The van der Waals surface area contributed by atoms with Gasteiger partial charge in [-0.25, -0.2) is 4.98 Å². The number of rotatable bonds is 9. The summed E-state index contributed by atoms with van der Waals surface area (Å²) in [5.74, 6) is -0.664. The molecule has 1 heterocycles. The van der Waals surface area contributed by atoms with E-state index in [1.807, 2.05) is 0 Å². The van der Waals surface area contributed by atoms with Gasteiger partial charge in [-0.05, 0) is 43.3 Å². The van der Waals surface area contributed by atoms with Crippen LogP contribution in [0.3, 0.4) is 0 Å².